The van der Waals surface area contributed by atoms with E-state index in [1.807, 2.05) is 0 Å². The minimum absolute atomic E-state index is 0.115. The minimum Gasteiger partial charge on any atom is -0.355 e. The van der Waals surface area contributed by atoms with Crippen molar-refractivity contribution in [3.05, 3.63) is 88.0 Å². The summed E-state index contributed by atoms with van der Waals surface area (Å²) in [6.45, 7) is 2.29. The van der Waals surface area contributed by atoms with E-state index in [1.54, 1.807) is 30.2 Å². The number of anilines is 2. The normalized spacial score (nSPS) is 18.5. The number of benzene rings is 2. The van der Waals surface area contributed by atoms with Crippen LogP contribution in [0, 0.1) is 24.4 Å². The third-order valence-corrected chi connectivity index (χ3v) is 6.34. The molecule has 166 valence electrons. The zero-order valence-electron chi connectivity index (χ0n) is 17.3. The molecule has 0 saturated carbocycles. The van der Waals surface area contributed by atoms with E-state index < -0.39 is 11.6 Å². The van der Waals surface area contributed by atoms with Gasteiger partial charge in [0.05, 0.1) is 11.7 Å². The van der Waals surface area contributed by atoms with Crippen LogP contribution >= 0.6 is 11.6 Å². The summed E-state index contributed by atoms with van der Waals surface area (Å²) in [5, 5.41) is 3.40. The van der Waals surface area contributed by atoms with Crippen LogP contribution in [0.1, 0.15) is 41.5 Å². The molecule has 2 aromatic carbocycles. The lowest BCUT2D eigenvalue weighted by Gasteiger charge is -2.38. The molecule has 4 rings (SSSR count). The summed E-state index contributed by atoms with van der Waals surface area (Å²) >= 11 is 6.25. The van der Waals surface area contributed by atoms with Crippen LogP contribution in [0.2, 0.25) is 5.15 Å². The van der Waals surface area contributed by atoms with Crippen molar-refractivity contribution in [3.8, 4) is 0 Å². The number of rotatable bonds is 5. The molecule has 3 aromatic rings. The van der Waals surface area contributed by atoms with Gasteiger partial charge in [-0.1, -0.05) is 23.7 Å². The summed E-state index contributed by atoms with van der Waals surface area (Å²) in [5.41, 5.74) is 3.28. The molecule has 32 heavy (non-hydrogen) atoms. The highest BCUT2D eigenvalue weighted by molar-refractivity contribution is 6.30. The van der Waals surface area contributed by atoms with Crippen molar-refractivity contribution in [3.63, 3.8) is 0 Å². The predicted octanol–water partition coefficient (Wildman–Crippen LogP) is 6.28. The van der Waals surface area contributed by atoms with Crippen LogP contribution in [-0.4, -0.2) is 22.8 Å². The molecule has 1 aliphatic heterocycles. The van der Waals surface area contributed by atoms with E-state index in [9.17, 15) is 18.0 Å². The SMILES string of the molecule is Cc1c(Cl)ncc(C2CC(c3ccc(F)cc3)CCN2C=O)c1Nc1ccc(F)c(F)c1. The number of hydrogen-bond acceptors (Lipinski definition) is 3. The van der Waals surface area contributed by atoms with E-state index in [1.165, 1.54) is 18.2 Å². The van der Waals surface area contributed by atoms with Crippen LogP contribution in [0.5, 0.6) is 0 Å². The number of nitrogens with zero attached hydrogens (tertiary/aromatic N) is 2. The smallest absolute Gasteiger partial charge is 0.210 e. The third-order valence-electron chi connectivity index (χ3n) is 5.96. The lowest BCUT2D eigenvalue weighted by atomic mass is 9.82. The molecule has 1 fully saturated rings. The minimum atomic E-state index is -0.974. The van der Waals surface area contributed by atoms with Gasteiger partial charge in [-0.05, 0) is 55.5 Å². The van der Waals surface area contributed by atoms with Gasteiger partial charge in [0.1, 0.15) is 11.0 Å². The molecule has 4 nitrogen and oxygen atoms in total. The van der Waals surface area contributed by atoms with Crippen LogP contribution in [0.3, 0.4) is 0 Å². The van der Waals surface area contributed by atoms with Crippen LogP contribution in [0.15, 0.2) is 48.7 Å². The van der Waals surface area contributed by atoms with Gasteiger partial charge in [0.15, 0.2) is 11.6 Å². The Kier molecular flexibility index (Phi) is 6.37. The molecular formula is C24H21ClF3N3O. The summed E-state index contributed by atoms with van der Waals surface area (Å²) in [4.78, 5) is 17.8. The molecule has 0 bridgehead atoms. The fraction of sp³-hybridized carbons (Fsp3) is 0.250. The summed E-state index contributed by atoms with van der Waals surface area (Å²) in [6.07, 6.45) is 3.75. The van der Waals surface area contributed by atoms with Gasteiger partial charge in [0, 0.05) is 35.6 Å². The zero-order valence-corrected chi connectivity index (χ0v) is 18.0. The average molecular weight is 460 g/mol. The van der Waals surface area contributed by atoms with Crippen LogP contribution in [0.25, 0.3) is 0 Å². The molecule has 0 aliphatic carbocycles. The number of aromatic nitrogens is 1. The molecule has 0 radical (unpaired) electrons. The van der Waals surface area contributed by atoms with Gasteiger partial charge in [-0.3, -0.25) is 4.79 Å². The van der Waals surface area contributed by atoms with Gasteiger partial charge in [0.25, 0.3) is 0 Å². The van der Waals surface area contributed by atoms with Crippen molar-refractivity contribution >= 4 is 29.4 Å². The van der Waals surface area contributed by atoms with Gasteiger partial charge < -0.3 is 10.2 Å². The molecule has 8 heteroatoms. The lowest BCUT2D eigenvalue weighted by Crippen LogP contribution is -2.35. The first-order valence-corrected chi connectivity index (χ1v) is 10.6. The second-order valence-corrected chi connectivity index (χ2v) is 8.25. The number of amides is 1. The molecule has 1 saturated heterocycles. The Morgan fingerprint density at radius 2 is 1.88 bits per heavy atom. The molecule has 1 amide bonds. The van der Waals surface area contributed by atoms with Crippen molar-refractivity contribution in [2.45, 2.75) is 31.7 Å². The van der Waals surface area contributed by atoms with E-state index in [2.05, 4.69) is 10.3 Å². The zero-order chi connectivity index (χ0) is 22.8. The maximum atomic E-state index is 13.8. The molecule has 2 atom stereocenters. The van der Waals surface area contributed by atoms with Gasteiger partial charge in [-0.2, -0.15) is 0 Å². The van der Waals surface area contributed by atoms with E-state index in [-0.39, 0.29) is 22.9 Å². The van der Waals surface area contributed by atoms with Gasteiger partial charge in [0.2, 0.25) is 6.41 Å². The van der Waals surface area contributed by atoms with Gasteiger partial charge in [-0.15, -0.1) is 0 Å². The number of carbonyl (C=O) groups excluding carboxylic acids is 1. The van der Waals surface area contributed by atoms with E-state index in [4.69, 9.17) is 11.6 Å². The van der Waals surface area contributed by atoms with Crippen molar-refractivity contribution in [1.82, 2.24) is 9.88 Å². The predicted molar refractivity (Wildman–Crippen MR) is 118 cm³/mol. The summed E-state index contributed by atoms with van der Waals surface area (Å²) in [6, 6.07) is 9.59. The first kappa shape index (κ1) is 22.1. The molecule has 1 N–H and O–H groups in total. The van der Waals surface area contributed by atoms with Crippen LogP contribution in [-0.2, 0) is 4.79 Å². The average Bonchev–Trinajstić information content (AvgIpc) is 2.79. The number of hydrogen-bond donors (Lipinski definition) is 1. The Balaban J connectivity index is 1.72. The monoisotopic (exact) mass is 459 g/mol. The van der Waals surface area contributed by atoms with Crippen molar-refractivity contribution in [2.24, 2.45) is 0 Å². The molecule has 1 aromatic heterocycles. The number of carbonyl (C=O) groups is 1. The molecular weight excluding hydrogens is 439 g/mol. The van der Waals surface area contributed by atoms with Crippen molar-refractivity contribution in [1.29, 1.82) is 0 Å². The molecule has 2 unspecified atom stereocenters. The summed E-state index contributed by atoms with van der Waals surface area (Å²) < 4.78 is 40.5. The number of halogens is 4. The Bertz CT molecular complexity index is 1140. The quantitative estimate of drug-likeness (QED) is 0.360. The Morgan fingerprint density at radius 1 is 1.12 bits per heavy atom. The highest BCUT2D eigenvalue weighted by atomic mass is 35.5. The number of piperidine rings is 1. The highest BCUT2D eigenvalue weighted by Crippen LogP contribution is 2.43. The van der Waals surface area contributed by atoms with Gasteiger partial charge in [-0.25, -0.2) is 18.2 Å². The maximum absolute atomic E-state index is 13.8. The van der Waals surface area contributed by atoms with Gasteiger partial charge >= 0.3 is 0 Å². The van der Waals surface area contributed by atoms with Crippen molar-refractivity contribution in [2.75, 3.05) is 11.9 Å². The number of nitrogens with one attached hydrogen (secondary N) is 1. The number of likely N-dealkylation sites (tertiary alicyclic amines) is 1. The fourth-order valence-electron chi connectivity index (χ4n) is 4.20. The molecule has 2 heterocycles. The Hall–Kier alpha value is -3.06. The third kappa shape index (κ3) is 4.43. The summed E-state index contributed by atoms with van der Waals surface area (Å²) in [7, 11) is 0. The maximum Gasteiger partial charge on any atom is 0.210 e. The van der Waals surface area contributed by atoms with Crippen LogP contribution in [0.4, 0.5) is 24.5 Å². The second-order valence-electron chi connectivity index (χ2n) is 7.89. The lowest BCUT2D eigenvalue weighted by molar-refractivity contribution is -0.121. The Morgan fingerprint density at radius 3 is 2.56 bits per heavy atom. The highest BCUT2D eigenvalue weighted by Gasteiger charge is 2.32. The fourth-order valence-corrected chi connectivity index (χ4v) is 4.34. The first-order valence-electron chi connectivity index (χ1n) is 10.2. The summed E-state index contributed by atoms with van der Waals surface area (Å²) in [5.74, 6) is -2.10. The second kappa shape index (κ2) is 9.20. The number of pyridine rings is 1. The van der Waals surface area contributed by atoms with E-state index >= 15 is 0 Å². The molecule has 1 aliphatic rings. The standard InChI is InChI=1S/C24H21ClF3N3O/c1-14-23(30-18-6-7-20(27)21(28)11-18)19(12-29-24(14)25)22-10-16(8-9-31(22)13-32)15-2-4-17(26)5-3-15/h2-7,11-13,16,22H,8-10H2,1H3,(H,29,30). The van der Waals surface area contributed by atoms with E-state index in [0.717, 1.165) is 36.1 Å². The van der Waals surface area contributed by atoms with Crippen molar-refractivity contribution < 1.29 is 18.0 Å². The van der Waals surface area contributed by atoms with E-state index in [0.29, 0.717) is 29.9 Å². The Labute approximate surface area is 189 Å². The topological polar surface area (TPSA) is 45.2 Å². The molecule has 0 spiro atoms. The largest absolute Gasteiger partial charge is 0.355 e. The van der Waals surface area contributed by atoms with Crippen LogP contribution < -0.4 is 5.32 Å². The first-order chi connectivity index (χ1) is 15.4.